The number of nitrogens with one attached hydrogen (secondary N) is 1. The molecule has 0 radical (unpaired) electrons. The van der Waals surface area contributed by atoms with E-state index in [4.69, 9.17) is 0 Å². The van der Waals surface area contributed by atoms with Gasteiger partial charge in [-0.2, -0.15) is 0 Å². The van der Waals surface area contributed by atoms with Crippen molar-refractivity contribution in [1.82, 2.24) is 5.32 Å². The first kappa shape index (κ1) is 13.9. The minimum Gasteiger partial charge on any atom is -0.393 e. The molecule has 1 fully saturated rings. The first-order valence-corrected chi connectivity index (χ1v) is 8.10. The maximum absolute atomic E-state index is 10.9. The molecule has 16 heavy (non-hydrogen) atoms. The van der Waals surface area contributed by atoms with E-state index < -0.39 is 9.84 Å². The van der Waals surface area contributed by atoms with Crippen LogP contribution in [0.3, 0.4) is 0 Å². The summed E-state index contributed by atoms with van der Waals surface area (Å²) < 4.78 is 21.8. The summed E-state index contributed by atoms with van der Waals surface area (Å²) in [6.07, 6.45) is 5.86. The third-order valence-corrected chi connectivity index (χ3v) is 4.15. The molecule has 4 nitrogen and oxygen atoms in total. The summed E-state index contributed by atoms with van der Waals surface area (Å²) in [5.74, 6) is 0.922. The number of aliphatic hydroxyl groups excluding tert-OH is 1. The van der Waals surface area contributed by atoms with Crippen molar-refractivity contribution in [1.29, 1.82) is 0 Å². The maximum Gasteiger partial charge on any atom is 0.147 e. The van der Waals surface area contributed by atoms with Gasteiger partial charge in [0.05, 0.1) is 11.9 Å². The van der Waals surface area contributed by atoms with Crippen LogP contribution in [0.15, 0.2) is 0 Å². The summed E-state index contributed by atoms with van der Waals surface area (Å²) in [6.45, 7) is 1.72. The predicted molar refractivity (Wildman–Crippen MR) is 65.2 cm³/mol. The normalized spacial score (nSPS) is 26.9. The Kier molecular flexibility index (Phi) is 5.72. The number of rotatable bonds is 6. The van der Waals surface area contributed by atoms with Crippen molar-refractivity contribution in [2.75, 3.05) is 25.1 Å². The van der Waals surface area contributed by atoms with Crippen LogP contribution in [0.2, 0.25) is 0 Å². The van der Waals surface area contributed by atoms with Crippen molar-refractivity contribution in [2.24, 2.45) is 5.92 Å². The van der Waals surface area contributed by atoms with Crippen LogP contribution < -0.4 is 5.32 Å². The SMILES string of the molecule is CS(=O)(=O)CCCNCC1CCC(O)CC1. The Hall–Kier alpha value is -0.130. The summed E-state index contributed by atoms with van der Waals surface area (Å²) in [6, 6.07) is 0. The lowest BCUT2D eigenvalue weighted by Crippen LogP contribution is -2.29. The molecule has 96 valence electrons. The highest BCUT2D eigenvalue weighted by Crippen LogP contribution is 2.23. The Morgan fingerprint density at radius 3 is 2.44 bits per heavy atom. The van der Waals surface area contributed by atoms with Crippen LogP contribution in [-0.4, -0.2) is 44.7 Å². The first-order valence-electron chi connectivity index (χ1n) is 6.04. The highest BCUT2D eigenvalue weighted by Gasteiger charge is 2.18. The summed E-state index contributed by atoms with van der Waals surface area (Å²) in [5, 5.41) is 12.6. The molecule has 0 aliphatic heterocycles. The van der Waals surface area contributed by atoms with Crippen LogP contribution in [-0.2, 0) is 9.84 Å². The molecule has 0 atom stereocenters. The summed E-state index contributed by atoms with van der Waals surface area (Å²) in [7, 11) is -2.81. The van der Waals surface area contributed by atoms with Crippen molar-refractivity contribution in [3.63, 3.8) is 0 Å². The van der Waals surface area contributed by atoms with Crippen LogP contribution in [0.25, 0.3) is 0 Å². The van der Waals surface area contributed by atoms with Crippen LogP contribution in [0, 0.1) is 5.92 Å². The molecule has 2 N–H and O–H groups in total. The third-order valence-electron chi connectivity index (χ3n) is 3.12. The standard InChI is InChI=1S/C11H23NO3S/c1-16(14,15)8-2-7-12-9-10-3-5-11(13)6-4-10/h10-13H,2-9H2,1H3. The van der Waals surface area contributed by atoms with E-state index in [1.807, 2.05) is 0 Å². The molecule has 1 aliphatic carbocycles. The van der Waals surface area contributed by atoms with Crippen molar-refractivity contribution in [3.8, 4) is 0 Å². The quantitative estimate of drug-likeness (QED) is 0.675. The number of hydrogen-bond donors (Lipinski definition) is 2. The van der Waals surface area contributed by atoms with Crippen molar-refractivity contribution in [3.05, 3.63) is 0 Å². The minimum atomic E-state index is -2.81. The Labute approximate surface area is 98.4 Å². The number of aliphatic hydroxyl groups is 1. The zero-order valence-electron chi connectivity index (χ0n) is 9.98. The molecule has 0 aromatic rings. The van der Waals surface area contributed by atoms with Crippen LogP contribution >= 0.6 is 0 Å². The second-order valence-electron chi connectivity index (χ2n) is 4.86. The van der Waals surface area contributed by atoms with E-state index in [1.165, 1.54) is 6.26 Å². The van der Waals surface area contributed by atoms with Crippen molar-refractivity contribution in [2.45, 2.75) is 38.2 Å². The van der Waals surface area contributed by atoms with E-state index in [0.29, 0.717) is 12.3 Å². The van der Waals surface area contributed by atoms with E-state index in [0.717, 1.165) is 38.8 Å². The zero-order chi connectivity index (χ0) is 12.0. The second kappa shape index (κ2) is 6.57. The zero-order valence-corrected chi connectivity index (χ0v) is 10.8. The van der Waals surface area contributed by atoms with E-state index in [1.54, 1.807) is 0 Å². The molecular formula is C11H23NO3S. The fourth-order valence-electron chi connectivity index (χ4n) is 2.11. The number of sulfone groups is 1. The Morgan fingerprint density at radius 1 is 1.25 bits per heavy atom. The average Bonchev–Trinajstić information content (AvgIpc) is 2.19. The second-order valence-corrected chi connectivity index (χ2v) is 7.12. The van der Waals surface area contributed by atoms with E-state index in [9.17, 15) is 13.5 Å². The fraction of sp³-hybridized carbons (Fsp3) is 1.00. The third kappa shape index (κ3) is 6.45. The molecule has 0 bridgehead atoms. The summed E-state index contributed by atoms with van der Waals surface area (Å²) >= 11 is 0. The Bertz CT molecular complexity index is 282. The molecule has 0 aromatic heterocycles. The van der Waals surface area contributed by atoms with Gasteiger partial charge in [0, 0.05) is 6.26 Å². The first-order chi connectivity index (χ1) is 7.47. The number of hydrogen-bond acceptors (Lipinski definition) is 4. The Balaban J connectivity index is 1.99. The van der Waals surface area contributed by atoms with E-state index >= 15 is 0 Å². The van der Waals surface area contributed by atoms with Crippen LogP contribution in [0.5, 0.6) is 0 Å². The highest BCUT2D eigenvalue weighted by atomic mass is 32.2. The molecule has 1 saturated carbocycles. The van der Waals surface area contributed by atoms with Gasteiger partial charge in [-0.1, -0.05) is 0 Å². The summed E-state index contributed by atoms with van der Waals surface area (Å²) in [5.41, 5.74) is 0. The van der Waals surface area contributed by atoms with Gasteiger partial charge in [0.25, 0.3) is 0 Å². The molecule has 0 spiro atoms. The van der Waals surface area contributed by atoms with Crippen LogP contribution in [0.1, 0.15) is 32.1 Å². The minimum absolute atomic E-state index is 0.0958. The van der Waals surface area contributed by atoms with Gasteiger partial charge in [-0.3, -0.25) is 0 Å². The van der Waals surface area contributed by atoms with Gasteiger partial charge >= 0.3 is 0 Å². The van der Waals surface area contributed by atoms with Crippen molar-refractivity contribution >= 4 is 9.84 Å². The van der Waals surface area contributed by atoms with Gasteiger partial charge in [-0.05, 0) is 51.1 Å². The molecule has 0 unspecified atom stereocenters. The molecular weight excluding hydrogens is 226 g/mol. The molecule has 0 heterocycles. The molecule has 5 heteroatoms. The van der Waals surface area contributed by atoms with Gasteiger partial charge in [0.15, 0.2) is 0 Å². The topological polar surface area (TPSA) is 66.4 Å². The average molecular weight is 249 g/mol. The Morgan fingerprint density at radius 2 is 1.88 bits per heavy atom. The molecule has 0 amide bonds. The van der Waals surface area contributed by atoms with Gasteiger partial charge < -0.3 is 10.4 Å². The molecule has 1 aliphatic rings. The lowest BCUT2D eigenvalue weighted by atomic mass is 9.87. The van der Waals surface area contributed by atoms with Crippen LogP contribution in [0.4, 0.5) is 0 Å². The monoisotopic (exact) mass is 249 g/mol. The fourth-order valence-corrected chi connectivity index (χ4v) is 2.78. The predicted octanol–water partition coefficient (Wildman–Crippen LogP) is 0.562. The largest absolute Gasteiger partial charge is 0.393 e. The van der Waals surface area contributed by atoms with Gasteiger partial charge in [-0.15, -0.1) is 0 Å². The lowest BCUT2D eigenvalue weighted by molar-refractivity contribution is 0.108. The van der Waals surface area contributed by atoms with Gasteiger partial charge in [0.2, 0.25) is 0 Å². The van der Waals surface area contributed by atoms with Crippen molar-refractivity contribution < 1.29 is 13.5 Å². The highest BCUT2D eigenvalue weighted by molar-refractivity contribution is 7.90. The van der Waals surface area contributed by atoms with Gasteiger partial charge in [-0.25, -0.2) is 8.42 Å². The molecule has 1 rings (SSSR count). The molecule has 0 saturated heterocycles. The van der Waals surface area contributed by atoms with E-state index in [2.05, 4.69) is 5.32 Å². The lowest BCUT2D eigenvalue weighted by Gasteiger charge is -2.25. The van der Waals surface area contributed by atoms with Gasteiger partial charge in [0.1, 0.15) is 9.84 Å². The molecule has 0 aromatic carbocycles. The summed E-state index contributed by atoms with van der Waals surface area (Å²) in [4.78, 5) is 0. The van der Waals surface area contributed by atoms with E-state index in [-0.39, 0.29) is 11.9 Å². The smallest absolute Gasteiger partial charge is 0.147 e. The maximum atomic E-state index is 10.9.